The van der Waals surface area contributed by atoms with Gasteiger partial charge < -0.3 is 24.5 Å². The number of anilines is 1. The van der Waals surface area contributed by atoms with Gasteiger partial charge in [-0.15, -0.1) is 5.10 Å². The number of furan rings is 1. The summed E-state index contributed by atoms with van der Waals surface area (Å²) >= 11 is 0. The van der Waals surface area contributed by atoms with E-state index >= 15 is 0 Å². The van der Waals surface area contributed by atoms with Crippen molar-refractivity contribution in [1.29, 1.82) is 0 Å². The molecule has 0 saturated carbocycles. The van der Waals surface area contributed by atoms with Crippen LogP contribution < -0.4 is 20.1 Å². The van der Waals surface area contributed by atoms with E-state index in [9.17, 15) is 0 Å². The molecule has 0 bridgehead atoms. The maximum Gasteiger partial charge on any atom is 0.226 e. The third-order valence-electron chi connectivity index (χ3n) is 6.75. The third kappa shape index (κ3) is 4.49. The molecule has 0 radical (unpaired) electrons. The zero-order valence-electron chi connectivity index (χ0n) is 20.8. The smallest absolute Gasteiger partial charge is 0.226 e. The SMILES string of the molecule is COc1ccc(CNc2ncc(CNC3CCc4ccccc43)c3nc(-c4ccco4)nn23)cc1OC. The molecule has 0 fully saturated rings. The molecule has 0 saturated heterocycles. The summed E-state index contributed by atoms with van der Waals surface area (Å²) in [5, 5.41) is 11.8. The second kappa shape index (κ2) is 9.94. The fourth-order valence-corrected chi connectivity index (χ4v) is 4.85. The number of rotatable bonds is 9. The number of aromatic nitrogens is 4. The summed E-state index contributed by atoms with van der Waals surface area (Å²) in [6.07, 6.45) is 5.66. The van der Waals surface area contributed by atoms with Crippen LogP contribution in [-0.2, 0) is 19.5 Å². The number of benzene rings is 2. The van der Waals surface area contributed by atoms with Crippen molar-refractivity contribution in [3.05, 3.63) is 89.3 Å². The number of hydrogen-bond donors (Lipinski definition) is 2. The number of methoxy groups -OCH3 is 2. The van der Waals surface area contributed by atoms with Crippen molar-refractivity contribution >= 4 is 11.6 Å². The zero-order valence-corrected chi connectivity index (χ0v) is 20.8. The van der Waals surface area contributed by atoms with Crippen LogP contribution in [0.3, 0.4) is 0 Å². The number of nitrogens with zero attached hydrogens (tertiary/aromatic N) is 4. The highest BCUT2D eigenvalue weighted by atomic mass is 16.5. The van der Waals surface area contributed by atoms with Gasteiger partial charge in [0.2, 0.25) is 11.8 Å². The molecule has 2 aromatic carbocycles. The van der Waals surface area contributed by atoms with Gasteiger partial charge >= 0.3 is 0 Å². The van der Waals surface area contributed by atoms with Crippen molar-refractivity contribution in [2.45, 2.75) is 32.0 Å². The first-order valence-corrected chi connectivity index (χ1v) is 12.3. The van der Waals surface area contributed by atoms with Crippen molar-refractivity contribution in [3.8, 4) is 23.1 Å². The van der Waals surface area contributed by atoms with E-state index in [1.54, 1.807) is 25.0 Å². The Labute approximate surface area is 214 Å². The lowest BCUT2D eigenvalue weighted by atomic mass is 10.1. The van der Waals surface area contributed by atoms with Crippen molar-refractivity contribution in [2.24, 2.45) is 0 Å². The molecule has 188 valence electrons. The predicted molar refractivity (Wildman–Crippen MR) is 140 cm³/mol. The molecule has 2 N–H and O–H groups in total. The van der Waals surface area contributed by atoms with Crippen LogP contribution >= 0.6 is 0 Å². The molecule has 9 heteroatoms. The summed E-state index contributed by atoms with van der Waals surface area (Å²) in [6.45, 7) is 1.15. The Hall–Kier alpha value is -4.37. The second-order valence-corrected chi connectivity index (χ2v) is 8.97. The maximum absolute atomic E-state index is 5.57. The molecule has 1 aliphatic carbocycles. The van der Waals surface area contributed by atoms with Gasteiger partial charge in [0.05, 0.1) is 20.5 Å². The summed E-state index contributed by atoms with van der Waals surface area (Å²) in [7, 11) is 3.25. The third-order valence-corrected chi connectivity index (χ3v) is 6.75. The minimum Gasteiger partial charge on any atom is -0.493 e. The minimum atomic E-state index is 0.312. The van der Waals surface area contributed by atoms with E-state index in [4.69, 9.17) is 29.0 Å². The Morgan fingerprint density at radius 1 is 1.03 bits per heavy atom. The molecule has 1 aliphatic rings. The summed E-state index contributed by atoms with van der Waals surface area (Å²) in [4.78, 5) is 9.52. The van der Waals surface area contributed by atoms with Crippen molar-refractivity contribution < 1.29 is 13.9 Å². The predicted octanol–water partition coefficient (Wildman–Crippen LogP) is 4.79. The number of nitrogens with one attached hydrogen (secondary N) is 2. The first-order valence-electron chi connectivity index (χ1n) is 12.3. The lowest BCUT2D eigenvalue weighted by molar-refractivity contribution is 0.354. The first-order chi connectivity index (χ1) is 18.2. The molecule has 1 atom stereocenters. The van der Waals surface area contributed by atoms with Crippen LogP contribution in [0.15, 0.2) is 71.5 Å². The standard InChI is InChI=1S/C28H28N6O3/c1-35-23-12-9-18(14-25(23)36-2)15-30-28-31-17-20(16-29-22-11-10-19-6-3-4-7-21(19)22)27-32-26(33-34(27)28)24-8-5-13-37-24/h3-9,12-14,17,22,29H,10-11,15-16H2,1-2H3,(H,30,31). The lowest BCUT2D eigenvalue weighted by Crippen LogP contribution is -2.20. The van der Waals surface area contributed by atoms with E-state index in [1.165, 1.54) is 11.1 Å². The lowest BCUT2D eigenvalue weighted by Gasteiger charge is -2.15. The summed E-state index contributed by atoms with van der Waals surface area (Å²) in [5.41, 5.74) is 5.50. The highest BCUT2D eigenvalue weighted by molar-refractivity contribution is 5.58. The van der Waals surface area contributed by atoms with Crippen LogP contribution in [0.4, 0.5) is 5.95 Å². The maximum atomic E-state index is 5.57. The van der Waals surface area contributed by atoms with Crippen LogP contribution in [0.25, 0.3) is 17.2 Å². The average molecular weight is 497 g/mol. The largest absolute Gasteiger partial charge is 0.493 e. The van der Waals surface area contributed by atoms with Gasteiger partial charge in [-0.1, -0.05) is 30.3 Å². The fraction of sp³-hybridized carbons (Fsp3) is 0.250. The number of aryl methyl sites for hydroxylation is 1. The Bertz CT molecular complexity index is 1530. The highest BCUT2D eigenvalue weighted by Crippen LogP contribution is 2.31. The molecule has 6 rings (SSSR count). The normalized spacial score (nSPS) is 14.6. The average Bonchev–Trinajstić information content (AvgIpc) is 3.70. The monoisotopic (exact) mass is 496 g/mol. The van der Waals surface area contributed by atoms with Gasteiger partial charge in [-0.2, -0.15) is 4.52 Å². The molecule has 9 nitrogen and oxygen atoms in total. The van der Waals surface area contributed by atoms with Crippen molar-refractivity contribution in [3.63, 3.8) is 0 Å². The number of ether oxygens (including phenoxy) is 2. The topological polar surface area (TPSA) is 98.7 Å². The quantitative estimate of drug-likeness (QED) is 0.301. The van der Waals surface area contributed by atoms with Crippen LogP contribution in [0, 0.1) is 0 Å². The van der Waals surface area contributed by atoms with Gasteiger partial charge in [-0.25, -0.2) is 9.97 Å². The molecule has 5 aromatic rings. The summed E-state index contributed by atoms with van der Waals surface area (Å²) in [6, 6.07) is 18.4. The van der Waals surface area contributed by atoms with Crippen molar-refractivity contribution in [1.82, 2.24) is 24.9 Å². The van der Waals surface area contributed by atoms with Crippen LogP contribution in [0.1, 0.15) is 34.7 Å². The Kier molecular flexibility index (Phi) is 6.20. The first kappa shape index (κ1) is 23.1. The Morgan fingerprint density at radius 2 is 1.92 bits per heavy atom. The summed E-state index contributed by atoms with van der Waals surface area (Å²) in [5.74, 6) is 3.08. The molecule has 0 aliphatic heterocycles. The number of fused-ring (bicyclic) bond motifs is 2. The Morgan fingerprint density at radius 3 is 2.76 bits per heavy atom. The van der Waals surface area contributed by atoms with E-state index in [0.717, 1.165) is 29.6 Å². The van der Waals surface area contributed by atoms with Gasteiger partial charge in [0, 0.05) is 30.9 Å². The molecule has 1 unspecified atom stereocenters. The van der Waals surface area contributed by atoms with Gasteiger partial charge in [0.25, 0.3) is 0 Å². The molecule has 3 aromatic heterocycles. The molecule has 37 heavy (non-hydrogen) atoms. The molecular formula is C28H28N6O3. The van der Waals surface area contributed by atoms with Crippen molar-refractivity contribution in [2.75, 3.05) is 19.5 Å². The summed E-state index contributed by atoms with van der Waals surface area (Å²) < 4.78 is 18.1. The van der Waals surface area contributed by atoms with E-state index in [-0.39, 0.29) is 0 Å². The number of hydrogen-bond acceptors (Lipinski definition) is 8. The second-order valence-electron chi connectivity index (χ2n) is 8.97. The fourth-order valence-electron chi connectivity index (χ4n) is 4.85. The van der Waals surface area contributed by atoms with Gasteiger partial charge in [0.1, 0.15) is 0 Å². The van der Waals surface area contributed by atoms with E-state index in [0.29, 0.717) is 48.2 Å². The van der Waals surface area contributed by atoms with Crippen LogP contribution in [0.5, 0.6) is 11.5 Å². The zero-order chi connectivity index (χ0) is 25.2. The molecular weight excluding hydrogens is 468 g/mol. The molecule has 0 spiro atoms. The van der Waals surface area contributed by atoms with E-state index < -0.39 is 0 Å². The van der Waals surface area contributed by atoms with Gasteiger partial charge in [-0.05, 0) is 53.8 Å². The Balaban J connectivity index is 1.28. The minimum absolute atomic E-state index is 0.312. The van der Waals surface area contributed by atoms with Crippen LogP contribution in [0.2, 0.25) is 0 Å². The highest BCUT2D eigenvalue weighted by Gasteiger charge is 2.22. The van der Waals surface area contributed by atoms with E-state index in [1.807, 2.05) is 36.5 Å². The van der Waals surface area contributed by atoms with E-state index in [2.05, 4.69) is 34.9 Å². The molecule has 3 heterocycles. The van der Waals surface area contributed by atoms with Gasteiger partial charge in [-0.3, -0.25) is 0 Å². The molecule has 0 amide bonds. The van der Waals surface area contributed by atoms with Gasteiger partial charge in [0.15, 0.2) is 22.9 Å². The van der Waals surface area contributed by atoms with Crippen LogP contribution in [-0.4, -0.2) is 33.8 Å².